The number of nitrogens with one attached hydrogen (secondary N) is 3. The lowest BCUT2D eigenvalue weighted by molar-refractivity contribution is -0.143. The van der Waals surface area contributed by atoms with Crippen LogP contribution in [0.5, 0.6) is 5.75 Å². The third-order valence-corrected chi connectivity index (χ3v) is 13.5. The number of β-amino-alcohol motifs (C(OH)–C–C–N with tert-alkyl or cyclic N) is 1. The van der Waals surface area contributed by atoms with Gasteiger partial charge in [0.2, 0.25) is 11.8 Å². The maximum Gasteiger partial charge on any atom is 0.417 e. The van der Waals surface area contributed by atoms with E-state index in [1.165, 1.54) is 12.1 Å². The fourth-order valence-electron chi connectivity index (χ4n) is 8.27. The number of aliphatic hydroxyl groups is 1. The molecule has 2 aliphatic heterocycles. The number of aromatic nitrogens is 1. The lowest BCUT2D eigenvalue weighted by Crippen LogP contribution is -2.66. The molecule has 21 heteroatoms. The van der Waals surface area contributed by atoms with Gasteiger partial charge in [0, 0.05) is 18.7 Å². The smallest absolute Gasteiger partial charge is 0.417 e. The molecule has 0 saturated carbocycles. The molecule has 4 aromatic rings. The number of ketones is 1. The molecule has 3 aromatic carbocycles. The summed E-state index contributed by atoms with van der Waals surface area (Å²) < 4.78 is 63.6. The number of rotatable bonds is 21. The van der Waals surface area contributed by atoms with Crippen LogP contribution in [0.25, 0.3) is 10.4 Å². The summed E-state index contributed by atoms with van der Waals surface area (Å²) >= 11 is 7.15. The molecule has 0 radical (unpaired) electrons. The molecule has 3 amide bonds. The second-order valence-corrected chi connectivity index (χ2v) is 20.0. The number of thiazole rings is 1. The van der Waals surface area contributed by atoms with Gasteiger partial charge < -0.3 is 39.6 Å². The topological polar surface area (TPSA) is 205 Å². The molecule has 2 unspecified atom stereocenters. The highest BCUT2D eigenvalue weighted by Crippen LogP contribution is 2.40. The monoisotopic (exact) mass is 1020 g/mol. The molecule has 4 N–H and O–H groups in total. The van der Waals surface area contributed by atoms with Crippen molar-refractivity contribution in [2.75, 3.05) is 62.6 Å². The third-order valence-electron chi connectivity index (χ3n) is 12.1. The summed E-state index contributed by atoms with van der Waals surface area (Å²) in [6.45, 7) is 13.1. The minimum absolute atomic E-state index is 0.0221. The van der Waals surface area contributed by atoms with Crippen molar-refractivity contribution >= 4 is 63.5 Å². The van der Waals surface area contributed by atoms with E-state index in [1.54, 1.807) is 80.6 Å². The van der Waals surface area contributed by atoms with Crippen LogP contribution in [0.2, 0.25) is 0 Å². The number of benzene rings is 3. The molecule has 2 aliphatic rings. The van der Waals surface area contributed by atoms with Gasteiger partial charge in [0.25, 0.3) is 5.91 Å². The number of aryl methyl sites for hydroxylation is 1. The van der Waals surface area contributed by atoms with Gasteiger partial charge in [0.05, 0.1) is 90.2 Å². The Hall–Kier alpha value is -5.86. The number of Topliss-reactive ketones (excluding diaryl/α,β-unsaturated/α-hetero) is 1. The van der Waals surface area contributed by atoms with Crippen molar-refractivity contribution in [3.8, 4) is 22.3 Å². The molecule has 6 rings (SSSR count). The summed E-state index contributed by atoms with van der Waals surface area (Å²) in [6.07, 6.45) is -5.93. The van der Waals surface area contributed by atoms with Crippen molar-refractivity contribution in [3.05, 3.63) is 94.6 Å². The van der Waals surface area contributed by atoms with Gasteiger partial charge in [0.15, 0.2) is 16.4 Å². The summed E-state index contributed by atoms with van der Waals surface area (Å²) in [5.41, 5.74) is -0.639. The Morgan fingerprint density at radius 1 is 0.958 bits per heavy atom. The van der Waals surface area contributed by atoms with Crippen molar-refractivity contribution in [1.29, 1.82) is 5.26 Å². The zero-order valence-electron chi connectivity index (χ0n) is 40.5. The lowest BCUT2D eigenvalue weighted by atomic mass is 9.75. The van der Waals surface area contributed by atoms with Gasteiger partial charge in [0.1, 0.15) is 24.5 Å². The van der Waals surface area contributed by atoms with E-state index in [9.17, 15) is 42.7 Å². The second kappa shape index (κ2) is 22.7. The summed E-state index contributed by atoms with van der Waals surface area (Å²) in [6, 6.07) is 17.4. The van der Waals surface area contributed by atoms with Crippen LogP contribution in [0.4, 0.5) is 24.5 Å². The molecule has 71 heavy (non-hydrogen) atoms. The number of nitrogens with zero attached hydrogens (tertiary/aromatic N) is 4. The number of aliphatic hydroxyl groups excluding tert-OH is 1. The van der Waals surface area contributed by atoms with Gasteiger partial charge in [-0.2, -0.15) is 18.4 Å². The van der Waals surface area contributed by atoms with Crippen LogP contribution in [-0.4, -0.2) is 115 Å². The highest BCUT2D eigenvalue weighted by molar-refractivity contribution is 7.81. The minimum atomic E-state index is -4.81. The summed E-state index contributed by atoms with van der Waals surface area (Å²) in [5.74, 6) is -1.78. The maximum atomic E-state index is 14.4. The van der Waals surface area contributed by atoms with E-state index >= 15 is 0 Å². The number of thiocarbonyl (C=S) groups is 1. The molecule has 3 heterocycles. The van der Waals surface area contributed by atoms with E-state index in [0.717, 1.165) is 38.7 Å². The number of anilines is 2. The highest BCUT2D eigenvalue weighted by atomic mass is 32.1. The molecular formula is C50H58F3N7O9S2. The standard InChI is InChI=1S/C50H58F3N7O9S2/c1-30(32-8-10-33(11-9-32)41-31(2)55-29-71-41)57-44(64)49(25-37(61)27-56-49)43(63)42(47(3,4)5)58-40(62)28-68-21-20-66-18-19-67-22-23-69-38-16-14-35(15-17-38)60-46(70)59(45(65)48(60,6)7)36-13-12-34(26-54)39(24-36)50(51,52)53/h8-17,24,29-30,37,42,56,61H,18-23,25,27-28H2,1-7H3,(H,57,64)(H,58,62)/t30-,37?,42?,49-/m0/s1. The summed E-state index contributed by atoms with van der Waals surface area (Å²) in [7, 11) is 0. The minimum Gasteiger partial charge on any atom is -0.491 e. The van der Waals surface area contributed by atoms with Crippen LogP contribution in [0.3, 0.4) is 0 Å². The fourth-order valence-corrected chi connectivity index (χ4v) is 9.60. The number of amides is 3. The van der Waals surface area contributed by atoms with Crippen LogP contribution in [0.1, 0.15) is 76.4 Å². The number of nitriles is 1. The van der Waals surface area contributed by atoms with E-state index in [0.29, 0.717) is 11.4 Å². The number of alkyl halides is 3. The Morgan fingerprint density at radius 3 is 2.14 bits per heavy atom. The Kier molecular flexibility index (Phi) is 17.4. The van der Waals surface area contributed by atoms with E-state index in [4.69, 9.17) is 31.2 Å². The average Bonchev–Trinajstić information content (AvgIpc) is 3.99. The molecule has 380 valence electrons. The quantitative estimate of drug-likeness (QED) is 0.0404. The van der Waals surface area contributed by atoms with E-state index in [1.807, 2.05) is 38.1 Å². The average molecular weight is 1020 g/mol. The second-order valence-electron chi connectivity index (χ2n) is 18.7. The maximum absolute atomic E-state index is 14.4. The van der Waals surface area contributed by atoms with Gasteiger partial charge in [-0.25, -0.2) is 4.98 Å². The zero-order chi connectivity index (χ0) is 51.9. The molecule has 0 bridgehead atoms. The molecule has 1 aromatic heterocycles. The van der Waals surface area contributed by atoms with Crippen LogP contribution in [-0.2, 0) is 39.6 Å². The van der Waals surface area contributed by atoms with Gasteiger partial charge in [-0.15, -0.1) is 11.3 Å². The molecular weight excluding hydrogens is 964 g/mol. The molecule has 16 nitrogen and oxygen atoms in total. The fraction of sp³-hybridized carbons (Fsp3) is 0.460. The van der Waals surface area contributed by atoms with Crippen LogP contribution in [0, 0.1) is 23.7 Å². The first kappa shape index (κ1) is 54.5. The third kappa shape index (κ3) is 12.6. The molecule has 0 spiro atoms. The van der Waals surface area contributed by atoms with Gasteiger partial charge in [-0.1, -0.05) is 45.0 Å². The Balaban J connectivity index is 0.896. The Morgan fingerprint density at radius 2 is 1.58 bits per heavy atom. The predicted molar refractivity (Wildman–Crippen MR) is 264 cm³/mol. The Bertz CT molecular complexity index is 2620. The number of hydrogen-bond acceptors (Lipinski definition) is 14. The van der Waals surface area contributed by atoms with Crippen molar-refractivity contribution in [2.24, 2.45) is 5.41 Å². The first-order chi connectivity index (χ1) is 33.5. The van der Waals surface area contributed by atoms with Gasteiger partial charge in [-0.05, 0) is 98.9 Å². The van der Waals surface area contributed by atoms with Gasteiger partial charge >= 0.3 is 6.18 Å². The van der Waals surface area contributed by atoms with Crippen molar-refractivity contribution in [3.63, 3.8) is 0 Å². The van der Waals surface area contributed by atoms with Gasteiger partial charge in [-0.3, -0.25) is 29.4 Å². The van der Waals surface area contributed by atoms with E-state index < -0.39 is 75.5 Å². The lowest BCUT2D eigenvalue weighted by Gasteiger charge is -2.37. The summed E-state index contributed by atoms with van der Waals surface area (Å²) in [4.78, 5) is 63.0. The zero-order valence-corrected chi connectivity index (χ0v) is 42.1. The van der Waals surface area contributed by atoms with Crippen molar-refractivity contribution < 1.29 is 56.4 Å². The number of halogens is 3. The largest absolute Gasteiger partial charge is 0.491 e. The molecule has 2 saturated heterocycles. The number of carbonyl (C=O) groups excluding carboxylic acids is 4. The van der Waals surface area contributed by atoms with Crippen molar-refractivity contribution in [1.82, 2.24) is 20.9 Å². The first-order valence-electron chi connectivity index (χ1n) is 22.8. The van der Waals surface area contributed by atoms with Crippen molar-refractivity contribution in [2.45, 2.75) is 90.3 Å². The highest BCUT2D eigenvalue weighted by Gasteiger charge is 2.55. The normalized spacial score (nSPS) is 18.8. The SMILES string of the molecule is Cc1ncsc1-c1ccc([C@H](C)NC(=O)[C@@]2(C(=O)C(NC(=O)COCCOCCOCCOc3ccc(N4C(=S)N(c5ccc(C#N)c(C(F)(F)F)c5)C(=O)C4(C)C)cc3)C(C)(C)C)CC(O)CN2)cc1. The van der Waals surface area contributed by atoms with Crippen LogP contribution in [0.15, 0.2) is 72.2 Å². The predicted octanol–water partition coefficient (Wildman–Crippen LogP) is 6.42. The van der Waals surface area contributed by atoms with E-state index in [-0.39, 0.29) is 70.0 Å². The van der Waals surface area contributed by atoms with Crippen LogP contribution < -0.4 is 30.5 Å². The summed E-state index contributed by atoms with van der Waals surface area (Å²) in [5, 5.41) is 28.5. The molecule has 4 atom stereocenters. The first-order valence-corrected chi connectivity index (χ1v) is 24.1. The Labute approximate surface area is 419 Å². The molecule has 0 aliphatic carbocycles. The molecule has 2 fully saturated rings. The van der Waals surface area contributed by atoms with E-state index in [2.05, 4.69) is 20.9 Å². The number of ether oxygens (including phenoxy) is 4. The van der Waals surface area contributed by atoms with Crippen LogP contribution >= 0.6 is 23.6 Å². The number of carbonyl (C=O) groups is 4. The number of hydrogen-bond donors (Lipinski definition) is 4.